The SMILES string of the molecule is CCCCCOP(=O)(Cc1[c]cccc1)c1ccccc1. The van der Waals surface area contributed by atoms with Crippen LogP contribution in [0.15, 0.2) is 54.6 Å². The van der Waals surface area contributed by atoms with Gasteiger partial charge in [-0.2, -0.15) is 0 Å². The normalized spacial score (nSPS) is 13.8. The van der Waals surface area contributed by atoms with Crippen LogP contribution in [0, 0.1) is 6.07 Å². The molecule has 1 unspecified atom stereocenters. The Morgan fingerprint density at radius 1 is 1.05 bits per heavy atom. The average molecular weight is 301 g/mol. The predicted molar refractivity (Wildman–Crippen MR) is 88.1 cm³/mol. The van der Waals surface area contributed by atoms with Gasteiger partial charge in [-0.25, -0.2) is 0 Å². The van der Waals surface area contributed by atoms with Gasteiger partial charge >= 0.3 is 0 Å². The van der Waals surface area contributed by atoms with E-state index < -0.39 is 7.37 Å². The van der Waals surface area contributed by atoms with Gasteiger partial charge in [-0.05, 0) is 30.2 Å². The first-order chi connectivity index (χ1) is 10.2. The molecular weight excluding hydrogens is 279 g/mol. The van der Waals surface area contributed by atoms with Crippen molar-refractivity contribution in [3.63, 3.8) is 0 Å². The Kier molecular flexibility index (Phi) is 6.22. The second kappa shape index (κ2) is 8.17. The van der Waals surface area contributed by atoms with Crippen molar-refractivity contribution in [2.75, 3.05) is 6.61 Å². The number of rotatable bonds is 8. The van der Waals surface area contributed by atoms with Gasteiger partial charge in [0.2, 0.25) is 7.37 Å². The molecule has 0 aromatic heterocycles. The summed E-state index contributed by atoms with van der Waals surface area (Å²) in [5.74, 6) is 0. The zero-order valence-corrected chi connectivity index (χ0v) is 13.4. The van der Waals surface area contributed by atoms with Crippen LogP contribution in [-0.4, -0.2) is 6.61 Å². The first-order valence-electron chi connectivity index (χ1n) is 7.49. The Morgan fingerprint density at radius 3 is 2.48 bits per heavy atom. The lowest BCUT2D eigenvalue weighted by Crippen LogP contribution is -2.10. The summed E-state index contributed by atoms with van der Waals surface area (Å²) in [6.45, 7) is 2.70. The minimum Gasteiger partial charge on any atom is -0.325 e. The molecule has 0 saturated carbocycles. The first kappa shape index (κ1) is 16.0. The van der Waals surface area contributed by atoms with Gasteiger partial charge in [0.1, 0.15) is 0 Å². The lowest BCUT2D eigenvalue weighted by Gasteiger charge is -2.19. The molecule has 0 aliphatic carbocycles. The van der Waals surface area contributed by atoms with E-state index >= 15 is 0 Å². The van der Waals surface area contributed by atoms with Gasteiger partial charge in [0.15, 0.2) is 0 Å². The summed E-state index contributed by atoms with van der Waals surface area (Å²) in [7, 11) is -2.87. The molecule has 2 rings (SSSR count). The fraction of sp³-hybridized carbons (Fsp3) is 0.333. The van der Waals surface area contributed by atoms with Crippen molar-refractivity contribution in [1.29, 1.82) is 0 Å². The third-order valence-electron chi connectivity index (χ3n) is 3.35. The summed E-state index contributed by atoms with van der Waals surface area (Å²) in [5.41, 5.74) is 0.931. The largest absolute Gasteiger partial charge is 0.325 e. The van der Waals surface area contributed by atoms with Gasteiger partial charge < -0.3 is 4.52 Å². The lowest BCUT2D eigenvalue weighted by molar-refractivity contribution is 0.309. The predicted octanol–water partition coefficient (Wildman–Crippen LogP) is 4.80. The molecule has 1 atom stereocenters. The van der Waals surface area contributed by atoms with Gasteiger partial charge in [0.05, 0.1) is 12.8 Å². The molecule has 0 amide bonds. The molecule has 0 fully saturated rings. The van der Waals surface area contributed by atoms with E-state index in [2.05, 4.69) is 13.0 Å². The third kappa shape index (κ3) is 4.84. The maximum Gasteiger partial charge on any atom is 0.236 e. The molecule has 0 aliphatic heterocycles. The lowest BCUT2D eigenvalue weighted by atomic mass is 10.2. The number of benzene rings is 2. The smallest absolute Gasteiger partial charge is 0.236 e. The summed E-state index contributed by atoms with van der Waals surface area (Å²) in [4.78, 5) is 0. The van der Waals surface area contributed by atoms with Crippen molar-refractivity contribution in [2.45, 2.75) is 32.3 Å². The zero-order valence-electron chi connectivity index (χ0n) is 12.5. The van der Waals surface area contributed by atoms with Crippen LogP contribution >= 0.6 is 7.37 Å². The van der Waals surface area contributed by atoms with Gasteiger partial charge in [-0.15, -0.1) is 0 Å². The van der Waals surface area contributed by atoms with Gasteiger partial charge in [0, 0.05) is 5.30 Å². The highest BCUT2D eigenvalue weighted by Crippen LogP contribution is 2.49. The van der Waals surface area contributed by atoms with E-state index in [1.54, 1.807) is 0 Å². The Morgan fingerprint density at radius 2 is 1.81 bits per heavy atom. The minimum absolute atomic E-state index is 0.407. The number of hydrogen-bond acceptors (Lipinski definition) is 2. The Labute approximate surface area is 127 Å². The molecule has 2 aromatic rings. The van der Waals surface area contributed by atoms with Crippen LogP contribution in [-0.2, 0) is 15.3 Å². The Bertz CT molecular complexity index is 566. The van der Waals surface area contributed by atoms with Crippen molar-refractivity contribution in [3.05, 3.63) is 66.2 Å². The van der Waals surface area contributed by atoms with E-state index in [1.165, 1.54) is 0 Å². The molecule has 0 saturated heterocycles. The van der Waals surface area contributed by atoms with Crippen LogP contribution < -0.4 is 5.30 Å². The van der Waals surface area contributed by atoms with Gasteiger partial charge in [0.25, 0.3) is 0 Å². The molecule has 111 valence electrons. The van der Waals surface area contributed by atoms with Crippen LogP contribution in [0.5, 0.6) is 0 Å². The Hall–Kier alpha value is -1.37. The van der Waals surface area contributed by atoms with Crippen LogP contribution in [0.25, 0.3) is 0 Å². The molecule has 21 heavy (non-hydrogen) atoms. The second-order valence-electron chi connectivity index (χ2n) is 5.10. The van der Waals surface area contributed by atoms with Crippen molar-refractivity contribution >= 4 is 12.7 Å². The van der Waals surface area contributed by atoms with E-state index in [0.29, 0.717) is 12.8 Å². The van der Waals surface area contributed by atoms with E-state index in [4.69, 9.17) is 4.52 Å². The van der Waals surface area contributed by atoms with Crippen molar-refractivity contribution in [2.24, 2.45) is 0 Å². The standard InChI is InChI=1S/C18H22O2P/c1-2-3-10-15-20-21(19,18-13-8-5-9-14-18)16-17-11-6-4-7-12-17/h4-9,11,13-14H,2-3,10,15-16H2,1H3. The van der Waals surface area contributed by atoms with Crippen molar-refractivity contribution in [1.82, 2.24) is 0 Å². The topological polar surface area (TPSA) is 26.3 Å². The molecule has 2 nitrogen and oxygen atoms in total. The molecule has 0 heterocycles. The van der Waals surface area contributed by atoms with Crippen LogP contribution in [0.4, 0.5) is 0 Å². The summed E-state index contributed by atoms with van der Waals surface area (Å²) in [6.07, 6.45) is 3.59. The minimum atomic E-state index is -2.87. The average Bonchev–Trinajstić information content (AvgIpc) is 2.53. The highest BCUT2D eigenvalue weighted by molar-refractivity contribution is 7.66. The van der Waals surface area contributed by atoms with E-state index in [-0.39, 0.29) is 0 Å². The van der Waals surface area contributed by atoms with E-state index in [0.717, 1.165) is 30.1 Å². The second-order valence-corrected chi connectivity index (χ2v) is 7.53. The van der Waals surface area contributed by atoms with Crippen molar-refractivity contribution < 1.29 is 9.09 Å². The van der Waals surface area contributed by atoms with Crippen LogP contribution in [0.3, 0.4) is 0 Å². The molecule has 3 heteroatoms. The molecule has 2 aromatic carbocycles. The summed E-state index contributed by atoms with van der Waals surface area (Å²) >= 11 is 0. The van der Waals surface area contributed by atoms with Gasteiger partial charge in [-0.3, -0.25) is 4.57 Å². The fourth-order valence-corrected chi connectivity index (χ4v) is 4.30. The highest BCUT2D eigenvalue weighted by atomic mass is 31.2. The maximum absolute atomic E-state index is 13.3. The molecule has 1 radical (unpaired) electrons. The Balaban J connectivity index is 2.16. The fourth-order valence-electron chi connectivity index (χ4n) is 2.18. The quantitative estimate of drug-likeness (QED) is 0.517. The highest BCUT2D eigenvalue weighted by Gasteiger charge is 2.26. The molecule has 0 N–H and O–H groups in total. The number of unbranched alkanes of at least 4 members (excludes halogenated alkanes) is 2. The molecule has 0 aliphatic rings. The first-order valence-corrected chi connectivity index (χ1v) is 9.30. The van der Waals surface area contributed by atoms with E-state index in [9.17, 15) is 4.57 Å². The van der Waals surface area contributed by atoms with Crippen LogP contribution in [0.1, 0.15) is 31.7 Å². The molecule has 0 spiro atoms. The van der Waals surface area contributed by atoms with Gasteiger partial charge in [-0.1, -0.05) is 62.2 Å². The summed E-state index contributed by atoms with van der Waals surface area (Å²) in [5, 5.41) is 0.791. The number of hydrogen-bond donors (Lipinski definition) is 0. The zero-order chi connectivity index (χ0) is 15.0. The van der Waals surface area contributed by atoms with E-state index in [1.807, 2.05) is 54.6 Å². The molecule has 0 bridgehead atoms. The third-order valence-corrected chi connectivity index (χ3v) is 5.79. The summed E-state index contributed by atoms with van der Waals surface area (Å²) < 4.78 is 19.2. The monoisotopic (exact) mass is 301 g/mol. The molecular formula is C18H22O2P. The van der Waals surface area contributed by atoms with Crippen LogP contribution in [0.2, 0.25) is 0 Å². The maximum atomic E-state index is 13.3. The summed E-state index contributed by atoms with van der Waals surface area (Å²) in [6, 6.07) is 20.3. The van der Waals surface area contributed by atoms with Crippen molar-refractivity contribution in [3.8, 4) is 0 Å².